The number of non-ortho nitro benzene ring substituents is 1. The van der Waals surface area contributed by atoms with Crippen LogP contribution < -0.4 is 4.90 Å². The van der Waals surface area contributed by atoms with Gasteiger partial charge < -0.3 is 4.90 Å². The van der Waals surface area contributed by atoms with E-state index in [9.17, 15) is 24.5 Å². The van der Waals surface area contributed by atoms with Crippen molar-refractivity contribution in [3.8, 4) is 0 Å². The van der Waals surface area contributed by atoms with Gasteiger partial charge in [-0.25, -0.2) is 0 Å². The number of halogens is 1. The lowest BCUT2D eigenvalue weighted by Crippen LogP contribution is -2.48. The van der Waals surface area contributed by atoms with Gasteiger partial charge in [0, 0.05) is 45.5 Å². The fourth-order valence-electron chi connectivity index (χ4n) is 6.93. The van der Waals surface area contributed by atoms with Crippen molar-refractivity contribution >= 4 is 46.4 Å². The van der Waals surface area contributed by atoms with Crippen molar-refractivity contribution in [2.24, 2.45) is 5.41 Å². The Hall–Kier alpha value is -4.88. The molecule has 7 nitrogen and oxygen atoms in total. The van der Waals surface area contributed by atoms with Gasteiger partial charge in [-0.3, -0.25) is 24.5 Å². The van der Waals surface area contributed by atoms with E-state index < -0.39 is 34.1 Å². The lowest BCUT2D eigenvalue weighted by molar-refractivity contribution is -0.384. The smallest absolute Gasteiger partial charge is 0.270 e. The molecule has 4 aromatic rings. The molecule has 1 spiro atoms. The van der Waals surface area contributed by atoms with Gasteiger partial charge in [-0.05, 0) is 23.3 Å². The number of Topliss-reactive ketones (excluding diaryl/α,β-unsaturated/α-hetero) is 3. The largest absolute Gasteiger partial charge is 0.352 e. The molecule has 2 aliphatic heterocycles. The van der Waals surface area contributed by atoms with Crippen LogP contribution in [0.5, 0.6) is 0 Å². The molecule has 0 amide bonds. The number of hydrogen-bond donors (Lipinski definition) is 0. The Morgan fingerprint density at radius 3 is 2.22 bits per heavy atom. The molecule has 200 valence electrons. The third-order valence-corrected chi connectivity index (χ3v) is 8.91. The van der Waals surface area contributed by atoms with Crippen LogP contribution >= 0.6 is 11.6 Å². The second-order valence-electron chi connectivity index (χ2n) is 10.5. The second-order valence-corrected chi connectivity index (χ2v) is 10.9. The highest BCUT2D eigenvalue weighted by atomic mass is 35.5. The van der Waals surface area contributed by atoms with Gasteiger partial charge in [0.05, 0.1) is 11.0 Å². The number of anilines is 1. The lowest BCUT2D eigenvalue weighted by atomic mass is 9.64. The summed E-state index contributed by atoms with van der Waals surface area (Å²) in [6, 6.07) is 24.8. The van der Waals surface area contributed by atoms with Crippen molar-refractivity contribution in [3.05, 3.63) is 146 Å². The van der Waals surface area contributed by atoms with Gasteiger partial charge in [-0.15, -0.1) is 0 Å². The van der Waals surface area contributed by atoms with Crippen LogP contribution in [0.15, 0.2) is 103 Å². The Labute approximate surface area is 239 Å². The van der Waals surface area contributed by atoms with Crippen LogP contribution in [-0.2, 0) is 0 Å². The van der Waals surface area contributed by atoms with Crippen LogP contribution in [0, 0.1) is 15.5 Å². The number of nitro groups is 1. The fourth-order valence-corrected chi connectivity index (χ4v) is 7.18. The minimum Gasteiger partial charge on any atom is -0.352 e. The summed E-state index contributed by atoms with van der Waals surface area (Å²) in [5.41, 5.74) is 0.816. The number of rotatable bonds is 4. The molecule has 0 unspecified atom stereocenters. The first kappa shape index (κ1) is 25.1. The first-order valence-corrected chi connectivity index (χ1v) is 13.5. The molecule has 1 aliphatic carbocycles. The Morgan fingerprint density at radius 1 is 0.854 bits per heavy atom. The molecule has 1 fully saturated rings. The lowest BCUT2D eigenvalue weighted by Gasteiger charge is -2.37. The zero-order valence-corrected chi connectivity index (χ0v) is 22.2. The molecule has 2 heterocycles. The van der Waals surface area contributed by atoms with Crippen LogP contribution in [-0.4, -0.2) is 34.4 Å². The zero-order chi connectivity index (χ0) is 28.5. The number of benzene rings is 4. The first-order valence-electron chi connectivity index (χ1n) is 13.1. The molecule has 8 heteroatoms. The average Bonchev–Trinajstić information content (AvgIpc) is 3.43. The van der Waals surface area contributed by atoms with E-state index in [1.54, 1.807) is 48.5 Å². The van der Waals surface area contributed by atoms with Crippen LogP contribution in [0.2, 0.25) is 5.02 Å². The van der Waals surface area contributed by atoms with E-state index in [1.165, 1.54) is 24.3 Å². The number of fused-ring (bicyclic) bond motifs is 5. The second kappa shape index (κ2) is 9.08. The van der Waals surface area contributed by atoms with E-state index in [0.29, 0.717) is 27.4 Å². The van der Waals surface area contributed by atoms with Gasteiger partial charge in [0.15, 0.2) is 17.3 Å². The summed E-state index contributed by atoms with van der Waals surface area (Å²) in [5.74, 6) is -2.16. The first-order chi connectivity index (χ1) is 19.9. The summed E-state index contributed by atoms with van der Waals surface area (Å²) in [5, 5.41) is 11.9. The molecule has 41 heavy (non-hydrogen) atoms. The van der Waals surface area contributed by atoms with Gasteiger partial charge in [-0.2, -0.15) is 0 Å². The Kier molecular flexibility index (Phi) is 5.56. The van der Waals surface area contributed by atoms with E-state index in [4.69, 9.17) is 11.6 Å². The third-order valence-electron chi connectivity index (χ3n) is 8.56. The molecule has 3 atom stereocenters. The van der Waals surface area contributed by atoms with Crippen molar-refractivity contribution < 1.29 is 19.3 Å². The zero-order valence-electron chi connectivity index (χ0n) is 21.4. The maximum atomic E-state index is 14.7. The van der Waals surface area contributed by atoms with Crippen LogP contribution in [0.1, 0.15) is 48.1 Å². The van der Waals surface area contributed by atoms with Crippen molar-refractivity contribution in [2.75, 3.05) is 4.90 Å². The molecular weight excluding hydrogens is 540 g/mol. The topological polar surface area (TPSA) is 97.6 Å². The van der Waals surface area contributed by atoms with E-state index >= 15 is 0 Å². The maximum Gasteiger partial charge on any atom is 0.270 e. The molecule has 0 N–H and O–H groups in total. The molecule has 0 aromatic heterocycles. The number of ketones is 3. The standard InChI is InChI=1S/C33H21ClN2O5/c34-25-14-5-4-13-24(25)28-29(30(37)20-9-7-10-21(18-20)36(40)41)35-26-15-6-1-8-19(26)16-17-27(35)33(28)31(38)22-11-2-3-12-23(22)32(33)39/h1-18,27-29H/t27-,28+,29+/m1/s1. The normalized spacial score (nSPS) is 21.5. The molecule has 0 radical (unpaired) electrons. The van der Waals surface area contributed by atoms with Gasteiger partial charge in [0.2, 0.25) is 0 Å². The van der Waals surface area contributed by atoms with Crippen molar-refractivity contribution in [1.82, 2.24) is 0 Å². The number of carbonyl (C=O) groups is 3. The Bertz CT molecular complexity index is 1810. The average molecular weight is 561 g/mol. The SMILES string of the molecule is O=C(c1cccc([N+](=O)[O-])c1)[C@@H]1[C@H](c2ccccc2Cl)C2(C(=O)c3ccccc3C2=O)[C@H]2C=Cc3ccccc3N12. The summed E-state index contributed by atoms with van der Waals surface area (Å²) < 4.78 is 0. The number of carbonyl (C=O) groups excluding carboxylic acids is 3. The van der Waals surface area contributed by atoms with Crippen molar-refractivity contribution in [3.63, 3.8) is 0 Å². The molecule has 1 saturated heterocycles. The molecule has 0 saturated carbocycles. The summed E-state index contributed by atoms with van der Waals surface area (Å²) in [4.78, 5) is 56.8. The predicted molar refractivity (Wildman–Crippen MR) is 155 cm³/mol. The Morgan fingerprint density at radius 2 is 1.51 bits per heavy atom. The van der Waals surface area contributed by atoms with Crippen molar-refractivity contribution in [2.45, 2.75) is 18.0 Å². The summed E-state index contributed by atoms with van der Waals surface area (Å²) in [7, 11) is 0. The summed E-state index contributed by atoms with van der Waals surface area (Å²) in [6.07, 6.45) is 3.71. The maximum absolute atomic E-state index is 14.7. The molecule has 7 rings (SSSR count). The molecular formula is C33H21ClN2O5. The monoisotopic (exact) mass is 560 g/mol. The number of nitro benzene ring substituents is 1. The molecule has 3 aliphatic rings. The summed E-state index contributed by atoms with van der Waals surface area (Å²) >= 11 is 6.79. The Balaban J connectivity index is 1.55. The van der Waals surface area contributed by atoms with E-state index in [0.717, 1.165) is 5.56 Å². The van der Waals surface area contributed by atoms with Crippen LogP contribution in [0.4, 0.5) is 11.4 Å². The highest BCUT2D eigenvalue weighted by Crippen LogP contribution is 2.61. The minimum absolute atomic E-state index is 0.111. The summed E-state index contributed by atoms with van der Waals surface area (Å²) in [6.45, 7) is 0. The molecule has 0 bridgehead atoms. The van der Waals surface area contributed by atoms with Crippen LogP contribution in [0.3, 0.4) is 0 Å². The van der Waals surface area contributed by atoms with E-state index in [2.05, 4.69) is 0 Å². The van der Waals surface area contributed by atoms with Crippen molar-refractivity contribution in [1.29, 1.82) is 0 Å². The van der Waals surface area contributed by atoms with E-state index in [-0.39, 0.29) is 22.8 Å². The number of para-hydroxylation sites is 1. The van der Waals surface area contributed by atoms with Gasteiger partial charge in [-0.1, -0.05) is 96.5 Å². The third kappa shape index (κ3) is 3.36. The van der Waals surface area contributed by atoms with Crippen LogP contribution in [0.25, 0.3) is 6.08 Å². The highest BCUT2D eigenvalue weighted by molar-refractivity contribution is 6.34. The number of hydrogen-bond acceptors (Lipinski definition) is 6. The predicted octanol–water partition coefficient (Wildman–Crippen LogP) is 6.56. The van der Waals surface area contributed by atoms with Gasteiger partial charge in [0.1, 0.15) is 11.5 Å². The highest BCUT2D eigenvalue weighted by Gasteiger charge is 2.71. The van der Waals surface area contributed by atoms with Gasteiger partial charge >= 0.3 is 0 Å². The molecule has 4 aromatic carbocycles. The quantitative estimate of drug-likeness (QED) is 0.121. The van der Waals surface area contributed by atoms with E-state index in [1.807, 2.05) is 41.3 Å². The number of nitrogens with zero attached hydrogens (tertiary/aromatic N) is 2. The minimum atomic E-state index is -1.69. The van der Waals surface area contributed by atoms with Gasteiger partial charge in [0.25, 0.3) is 5.69 Å². The fraction of sp³-hybridized carbons (Fsp3) is 0.121.